The Labute approximate surface area is 122 Å². The number of nitrogens with one attached hydrogen (secondary N) is 1. The highest BCUT2D eigenvalue weighted by atomic mass is 16.7. The molecular weight excluding hydrogens is 252 g/mol. The molecule has 1 aliphatic rings. The predicted octanol–water partition coefficient (Wildman–Crippen LogP) is 2.80. The molecule has 0 aliphatic carbocycles. The van der Waals surface area contributed by atoms with E-state index < -0.39 is 0 Å². The summed E-state index contributed by atoms with van der Waals surface area (Å²) in [4.78, 5) is 2.36. The van der Waals surface area contributed by atoms with Gasteiger partial charge in [-0.15, -0.1) is 0 Å². The molecule has 20 heavy (non-hydrogen) atoms. The second kappa shape index (κ2) is 6.95. The Morgan fingerprint density at radius 2 is 2.00 bits per heavy atom. The van der Waals surface area contributed by atoms with Gasteiger partial charge in [-0.1, -0.05) is 13.0 Å². The monoisotopic (exact) mass is 278 g/mol. The summed E-state index contributed by atoms with van der Waals surface area (Å²) in [6.45, 7) is 8.96. The van der Waals surface area contributed by atoms with Crippen LogP contribution in [0.3, 0.4) is 0 Å². The van der Waals surface area contributed by atoms with Gasteiger partial charge in [-0.2, -0.15) is 0 Å². The Bertz CT molecular complexity index is 434. The molecule has 0 aromatic heterocycles. The fraction of sp³-hybridized carbons (Fsp3) is 0.625. The first-order valence-corrected chi connectivity index (χ1v) is 7.45. The number of hydrogen-bond acceptors (Lipinski definition) is 4. The molecule has 0 bridgehead atoms. The van der Waals surface area contributed by atoms with Crippen LogP contribution in [0.25, 0.3) is 0 Å². The molecule has 0 amide bonds. The Kier molecular flexibility index (Phi) is 5.26. The van der Waals surface area contributed by atoms with E-state index in [4.69, 9.17) is 9.47 Å². The summed E-state index contributed by atoms with van der Waals surface area (Å²) in [6, 6.07) is 7.10. The van der Waals surface area contributed by atoms with E-state index in [2.05, 4.69) is 50.2 Å². The van der Waals surface area contributed by atoms with Gasteiger partial charge in [0.1, 0.15) is 0 Å². The van der Waals surface area contributed by atoms with Crippen molar-refractivity contribution in [1.29, 1.82) is 0 Å². The zero-order valence-electron chi connectivity index (χ0n) is 13.0. The van der Waals surface area contributed by atoms with Crippen molar-refractivity contribution < 1.29 is 9.47 Å². The van der Waals surface area contributed by atoms with Gasteiger partial charge in [0.2, 0.25) is 6.79 Å². The van der Waals surface area contributed by atoms with Crippen LogP contribution in [0.2, 0.25) is 0 Å². The number of hydrogen-bond donors (Lipinski definition) is 1. The Hall–Kier alpha value is -1.26. The van der Waals surface area contributed by atoms with Crippen molar-refractivity contribution in [2.45, 2.75) is 39.3 Å². The number of likely N-dealkylation sites (N-methyl/N-ethyl adjacent to an activating group) is 1. The van der Waals surface area contributed by atoms with E-state index >= 15 is 0 Å². The molecule has 4 heteroatoms. The van der Waals surface area contributed by atoms with Gasteiger partial charge in [0.25, 0.3) is 0 Å². The van der Waals surface area contributed by atoms with Crippen LogP contribution in [-0.2, 0) is 0 Å². The number of fused-ring (bicyclic) bond motifs is 1. The van der Waals surface area contributed by atoms with Crippen LogP contribution in [0, 0.1) is 0 Å². The maximum absolute atomic E-state index is 5.48. The van der Waals surface area contributed by atoms with Gasteiger partial charge in [0.15, 0.2) is 11.5 Å². The van der Waals surface area contributed by atoms with Gasteiger partial charge in [0.05, 0.1) is 0 Å². The van der Waals surface area contributed by atoms with Gasteiger partial charge in [-0.3, -0.25) is 0 Å². The molecule has 0 saturated carbocycles. The predicted molar refractivity (Wildman–Crippen MR) is 81.4 cm³/mol. The largest absolute Gasteiger partial charge is 0.454 e. The first-order chi connectivity index (χ1) is 9.61. The molecule has 112 valence electrons. The summed E-state index contributed by atoms with van der Waals surface area (Å²) in [5.41, 5.74) is 1.26. The van der Waals surface area contributed by atoms with Crippen molar-refractivity contribution in [3.63, 3.8) is 0 Å². The topological polar surface area (TPSA) is 33.7 Å². The third-order valence-electron chi connectivity index (χ3n) is 3.79. The first kappa shape index (κ1) is 15.1. The summed E-state index contributed by atoms with van der Waals surface area (Å²) in [6.07, 6.45) is 1.13. The van der Waals surface area contributed by atoms with Gasteiger partial charge >= 0.3 is 0 Å². The minimum absolute atomic E-state index is 0.317. The highest BCUT2D eigenvalue weighted by Gasteiger charge is 2.19. The van der Waals surface area contributed by atoms with E-state index in [9.17, 15) is 0 Å². The molecule has 0 saturated heterocycles. The Morgan fingerprint density at radius 1 is 1.25 bits per heavy atom. The molecular formula is C16H26N2O2. The minimum Gasteiger partial charge on any atom is -0.454 e. The van der Waals surface area contributed by atoms with Crippen LogP contribution in [0.15, 0.2) is 18.2 Å². The summed E-state index contributed by atoms with van der Waals surface area (Å²) in [5, 5.41) is 3.62. The van der Waals surface area contributed by atoms with Crippen LogP contribution in [0.4, 0.5) is 0 Å². The maximum Gasteiger partial charge on any atom is 0.231 e. The number of nitrogens with zero attached hydrogens (tertiary/aromatic N) is 1. The quantitative estimate of drug-likeness (QED) is 0.831. The van der Waals surface area contributed by atoms with Gasteiger partial charge < -0.3 is 19.7 Å². The van der Waals surface area contributed by atoms with Crippen LogP contribution >= 0.6 is 0 Å². The molecule has 0 radical (unpaired) electrons. The molecule has 1 aromatic carbocycles. The molecule has 1 atom stereocenters. The van der Waals surface area contributed by atoms with Crippen molar-refractivity contribution in [3.05, 3.63) is 23.8 Å². The lowest BCUT2D eigenvalue weighted by Gasteiger charge is -2.28. The molecule has 2 rings (SSSR count). The Morgan fingerprint density at radius 3 is 2.70 bits per heavy atom. The highest BCUT2D eigenvalue weighted by molar-refractivity contribution is 5.45. The van der Waals surface area contributed by atoms with Gasteiger partial charge in [-0.05, 0) is 51.6 Å². The molecule has 1 aromatic rings. The lowest BCUT2D eigenvalue weighted by Crippen LogP contribution is -2.36. The van der Waals surface area contributed by atoms with Crippen molar-refractivity contribution in [2.75, 3.05) is 26.9 Å². The van der Waals surface area contributed by atoms with E-state index in [0.29, 0.717) is 18.9 Å². The van der Waals surface area contributed by atoms with Crippen LogP contribution in [0.5, 0.6) is 11.5 Å². The fourth-order valence-electron chi connectivity index (χ4n) is 2.24. The van der Waals surface area contributed by atoms with E-state index in [0.717, 1.165) is 31.0 Å². The SMILES string of the molecule is CCCNC(CN(C)C(C)C)c1ccc2c(c1)OCO2. The van der Waals surface area contributed by atoms with Gasteiger partial charge in [0, 0.05) is 18.6 Å². The molecule has 0 fully saturated rings. The van der Waals surface area contributed by atoms with Crippen molar-refractivity contribution in [3.8, 4) is 11.5 Å². The van der Waals surface area contributed by atoms with Crippen LogP contribution < -0.4 is 14.8 Å². The normalized spacial score (nSPS) is 15.1. The second-order valence-electron chi connectivity index (χ2n) is 5.65. The third-order valence-corrected chi connectivity index (χ3v) is 3.79. The smallest absolute Gasteiger partial charge is 0.231 e. The molecule has 1 aliphatic heterocycles. The minimum atomic E-state index is 0.317. The molecule has 1 N–H and O–H groups in total. The summed E-state index contributed by atoms with van der Waals surface area (Å²) in [7, 11) is 2.16. The number of ether oxygens (including phenoxy) is 2. The highest BCUT2D eigenvalue weighted by Crippen LogP contribution is 2.34. The summed E-state index contributed by atoms with van der Waals surface area (Å²) < 4.78 is 10.9. The van der Waals surface area contributed by atoms with E-state index in [1.807, 2.05) is 6.07 Å². The lowest BCUT2D eigenvalue weighted by atomic mass is 10.0. The second-order valence-corrected chi connectivity index (χ2v) is 5.65. The van der Waals surface area contributed by atoms with Crippen LogP contribution in [0.1, 0.15) is 38.8 Å². The molecule has 1 heterocycles. The van der Waals surface area contributed by atoms with Crippen molar-refractivity contribution >= 4 is 0 Å². The average Bonchev–Trinajstić information content (AvgIpc) is 2.90. The average molecular weight is 278 g/mol. The van der Waals surface area contributed by atoms with Crippen molar-refractivity contribution in [1.82, 2.24) is 10.2 Å². The Balaban J connectivity index is 2.12. The zero-order valence-corrected chi connectivity index (χ0v) is 13.0. The number of benzene rings is 1. The van der Waals surface area contributed by atoms with E-state index in [1.165, 1.54) is 5.56 Å². The summed E-state index contributed by atoms with van der Waals surface area (Å²) in [5.74, 6) is 1.71. The fourth-order valence-corrected chi connectivity index (χ4v) is 2.24. The summed E-state index contributed by atoms with van der Waals surface area (Å²) >= 11 is 0. The third kappa shape index (κ3) is 3.64. The van der Waals surface area contributed by atoms with Crippen LogP contribution in [-0.4, -0.2) is 37.9 Å². The zero-order chi connectivity index (χ0) is 14.5. The lowest BCUT2D eigenvalue weighted by molar-refractivity contribution is 0.174. The van der Waals surface area contributed by atoms with Crippen molar-refractivity contribution in [2.24, 2.45) is 0 Å². The maximum atomic E-state index is 5.48. The standard InChI is InChI=1S/C16H26N2O2/c1-5-8-17-14(10-18(4)12(2)3)13-6-7-15-16(9-13)20-11-19-15/h6-7,9,12,14,17H,5,8,10-11H2,1-4H3. The van der Waals surface area contributed by atoms with Gasteiger partial charge in [-0.25, -0.2) is 0 Å². The van der Waals surface area contributed by atoms with E-state index in [1.54, 1.807) is 0 Å². The molecule has 1 unspecified atom stereocenters. The van der Waals surface area contributed by atoms with E-state index in [-0.39, 0.29) is 0 Å². The number of rotatable bonds is 7. The molecule has 0 spiro atoms. The first-order valence-electron chi connectivity index (χ1n) is 7.45. The molecule has 4 nitrogen and oxygen atoms in total.